The van der Waals surface area contributed by atoms with Crippen molar-refractivity contribution in [1.29, 1.82) is 0 Å². The van der Waals surface area contributed by atoms with E-state index in [1.807, 2.05) is 6.07 Å². The molecule has 0 saturated heterocycles. The third-order valence-electron chi connectivity index (χ3n) is 2.66. The summed E-state index contributed by atoms with van der Waals surface area (Å²) >= 11 is 0. The summed E-state index contributed by atoms with van der Waals surface area (Å²) < 4.78 is 5.62. The minimum Gasteiger partial charge on any atom is -0.494 e. The molecule has 1 rings (SSSR count). The number of ether oxygens (including phenoxy) is 1. The largest absolute Gasteiger partial charge is 0.494 e. The van der Waals surface area contributed by atoms with E-state index in [9.17, 15) is 0 Å². The molecule has 0 aliphatic rings. The van der Waals surface area contributed by atoms with E-state index in [2.05, 4.69) is 49.4 Å². The lowest BCUT2D eigenvalue weighted by Gasteiger charge is -2.10. The first-order valence-electron chi connectivity index (χ1n) is 6.79. The van der Waals surface area contributed by atoms with Gasteiger partial charge in [-0.05, 0) is 57.7 Å². The molecule has 0 aliphatic carbocycles. The van der Waals surface area contributed by atoms with Crippen molar-refractivity contribution in [2.24, 2.45) is 0 Å². The molecular weight excluding hydrogens is 224 g/mol. The SMILES string of the molecule is CCCOc1cccc(CNCCCN(C)C)c1. The monoisotopic (exact) mass is 250 g/mol. The van der Waals surface area contributed by atoms with Crippen LogP contribution in [-0.2, 0) is 6.54 Å². The highest BCUT2D eigenvalue weighted by atomic mass is 16.5. The highest BCUT2D eigenvalue weighted by Crippen LogP contribution is 2.13. The number of hydrogen-bond acceptors (Lipinski definition) is 3. The summed E-state index contributed by atoms with van der Waals surface area (Å²) in [7, 11) is 4.21. The summed E-state index contributed by atoms with van der Waals surface area (Å²) in [5, 5.41) is 3.46. The van der Waals surface area contributed by atoms with Crippen molar-refractivity contribution in [2.75, 3.05) is 33.8 Å². The van der Waals surface area contributed by atoms with Crippen LogP contribution in [0.5, 0.6) is 5.75 Å². The zero-order valence-corrected chi connectivity index (χ0v) is 11.9. The van der Waals surface area contributed by atoms with Gasteiger partial charge < -0.3 is 15.0 Å². The van der Waals surface area contributed by atoms with Gasteiger partial charge in [-0.1, -0.05) is 19.1 Å². The molecule has 18 heavy (non-hydrogen) atoms. The van der Waals surface area contributed by atoms with Crippen molar-refractivity contribution in [2.45, 2.75) is 26.3 Å². The molecular formula is C15H26N2O. The zero-order valence-electron chi connectivity index (χ0n) is 11.9. The molecule has 0 atom stereocenters. The average Bonchev–Trinajstić information content (AvgIpc) is 2.36. The van der Waals surface area contributed by atoms with Crippen LogP contribution in [0.1, 0.15) is 25.3 Å². The maximum absolute atomic E-state index is 5.62. The highest BCUT2D eigenvalue weighted by Gasteiger charge is 1.97. The Kier molecular flexibility index (Phi) is 7.46. The van der Waals surface area contributed by atoms with E-state index in [-0.39, 0.29) is 0 Å². The summed E-state index contributed by atoms with van der Waals surface area (Å²) in [6, 6.07) is 8.33. The van der Waals surface area contributed by atoms with E-state index in [1.54, 1.807) is 0 Å². The van der Waals surface area contributed by atoms with Crippen LogP contribution in [0.25, 0.3) is 0 Å². The second-order valence-electron chi connectivity index (χ2n) is 4.83. The number of nitrogens with zero attached hydrogens (tertiary/aromatic N) is 1. The van der Waals surface area contributed by atoms with E-state index >= 15 is 0 Å². The van der Waals surface area contributed by atoms with Gasteiger partial charge in [0.15, 0.2) is 0 Å². The first-order chi connectivity index (χ1) is 8.72. The molecule has 0 heterocycles. The first kappa shape index (κ1) is 15.0. The number of rotatable bonds is 9. The van der Waals surface area contributed by atoms with Gasteiger partial charge in [-0.2, -0.15) is 0 Å². The highest BCUT2D eigenvalue weighted by molar-refractivity contribution is 5.28. The second-order valence-corrected chi connectivity index (χ2v) is 4.83. The molecule has 0 spiro atoms. The molecule has 0 saturated carbocycles. The van der Waals surface area contributed by atoms with Crippen molar-refractivity contribution >= 4 is 0 Å². The van der Waals surface area contributed by atoms with Crippen LogP contribution < -0.4 is 10.1 Å². The normalized spacial score (nSPS) is 10.9. The Hall–Kier alpha value is -1.06. The van der Waals surface area contributed by atoms with Crippen LogP contribution in [-0.4, -0.2) is 38.7 Å². The number of hydrogen-bond donors (Lipinski definition) is 1. The van der Waals surface area contributed by atoms with Crippen molar-refractivity contribution in [3.63, 3.8) is 0 Å². The standard InChI is InChI=1S/C15H26N2O/c1-4-11-18-15-8-5-7-14(12-15)13-16-9-6-10-17(2)3/h5,7-8,12,16H,4,6,9-11,13H2,1-3H3. The third-order valence-corrected chi connectivity index (χ3v) is 2.66. The van der Waals surface area contributed by atoms with Crippen LogP contribution in [0, 0.1) is 0 Å². The van der Waals surface area contributed by atoms with Crippen LogP contribution >= 0.6 is 0 Å². The van der Waals surface area contributed by atoms with Crippen molar-refractivity contribution in [3.8, 4) is 5.75 Å². The molecule has 0 bridgehead atoms. The first-order valence-corrected chi connectivity index (χ1v) is 6.79. The minimum absolute atomic E-state index is 0.791. The van der Waals surface area contributed by atoms with Gasteiger partial charge in [-0.3, -0.25) is 0 Å². The van der Waals surface area contributed by atoms with Crippen LogP contribution in [0.4, 0.5) is 0 Å². The Balaban J connectivity index is 2.24. The van der Waals surface area contributed by atoms with Crippen LogP contribution in [0.2, 0.25) is 0 Å². The summed E-state index contributed by atoms with van der Waals surface area (Å²) in [4.78, 5) is 2.21. The van der Waals surface area contributed by atoms with Gasteiger partial charge in [0.25, 0.3) is 0 Å². The second kappa shape index (κ2) is 8.95. The third kappa shape index (κ3) is 6.62. The fraction of sp³-hybridized carbons (Fsp3) is 0.600. The lowest BCUT2D eigenvalue weighted by Crippen LogP contribution is -2.21. The van der Waals surface area contributed by atoms with Gasteiger partial charge in [0.1, 0.15) is 5.75 Å². The lowest BCUT2D eigenvalue weighted by atomic mass is 10.2. The van der Waals surface area contributed by atoms with E-state index in [1.165, 1.54) is 12.0 Å². The lowest BCUT2D eigenvalue weighted by molar-refractivity contribution is 0.317. The Morgan fingerprint density at radius 2 is 2.11 bits per heavy atom. The summed E-state index contributed by atoms with van der Waals surface area (Å²) in [6.45, 7) is 6.01. The van der Waals surface area contributed by atoms with Crippen LogP contribution in [0.3, 0.4) is 0 Å². The fourth-order valence-corrected chi connectivity index (χ4v) is 1.72. The number of nitrogens with one attached hydrogen (secondary N) is 1. The maximum Gasteiger partial charge on any atom is 0.119 e. The summed E-state index contributed by atoms with van der Waals surface area (Å²) in [6.07, 6.45) is 2.23. The quantitative estimate of drug-likeness (QED) is 0.682. The fourth-order valence-electron chi connectivity index (χ4n) is 1.72. The summed E-state index contributed by atoms with van der Waals surface area (Å²) in [5.74, 6) is 0.976. The molecule has 1 aromatic rings. The van der Waals surface area contributed by atoms with Gasteiger partial charge in [0.05, 0.1) is 6.61 Å². The van der Waals surface area contributed by atoms with Crippen LogP contribution in [0.15, 0.2) is 24.3 Å². The molecule has 0 aromatic heterocycles. The molecule has 1 N–H and O–H groups in total. The van der Waals surface area contributed by atoms with Crippen molar-refractivity contribution in [3.05, 3.63) is 29.8 Å². The molecule has 0 amide bonds. The Morgan fingerprint density at radius 3 is 2.83 bits per heavy atom. The Morgan fingerprint density at radius 1 is 1.28 bits per heavy atom. The van der Waals surface area contributed by atoms with Gasteiger partial charge >= 0.3 is 0 Å². The summed E-state index contributed by atoms with van der Waals surface area (Å²) in [5.41, 5.74) is 1.29. The molecule has 0 unspecified atom stereocenters. The number of benzene rings is 1. The van der Waals surface area contributed by atoms with Gasteiger partial charge in [0.2, 0.25) is 0 Å². The minimum atomic E-state index is 0.791. The van der Waals surface area contributed by atoms with Gasteiger partial charge in [0, 0.05) is 6.54 Å². The Bertz CT molecular complexity index is 326. The van der Waals surface area contributed by atoms with E-state index in [0.29, 0.717) is 0 Å². The topological polar surface area (TPSA) is 24.5 Å². The predicted molar refractivity (Wildman–Crippen MR) is 77.1 cm³/mol. The molecule has 0 aliphatic heterocycles. The van der Waals surface area contributed by atoms with Gasteiger partial charge in [-0.25, -0.2) is 0 Å². The molecule has 0 radical (unpaired) electrons. The molecule has 102 valence electrons. The molecule has 1 aromatic carbocycles. The van der Waals surface area contributed by atoms with Gasteiger partial charge in [-0.15, -0.1) is 0 Å². The molecule has 3 heteroatoms. The van der Waals surface area contributed by atoms with Crippen molar-refractivity contribution in [1.82, 2.24) is 10.2 Å². The van der Waals surface area contributed by atoms with E-state index < -0.39 is 0 Å². The smallest absolute Gasteiger partial charge is 0.119 e. The van der Waals surface area contributed by atoms with E-state index in [4.69, 9.17) is 4.74 Å². The van der Waals surface area contributed by atoms with E-state index in [0.717, 1.165) is 38.4 Å². The average molecular weight is 250 g/mol. The molecule has 0 fully saturated rings. The predicted octanol–water partition coefficient (Wildman–Crippen LogP) is 2.52. The molecule has 3 nitrogen and oxygen atoms in total. The Labute approximate surface area is 111 Å². The van der Waals surface area contributed by atoms with Crippen molar-refractivity contribution < 1.29 is 4.74 Å². The maximum atomic E-state index is 5.62. The zero-order chi connectivity index (χ0) is 13.2.